The molecule has 0 fully saturated rings. The Morgan fingerprint density at radius 3 is 1.94 bits per heavy atom. The van der Waals surface area contributed by atoms with Crippen molar-refractivity contribution in [1.82, 2.24) is 0 Å². The Bertz CT molecular complexity index is 1220. The fourth-order valence-corrected chi connectivity index (χ4v) is 22.6. The van der Waals surface area contributed by atoms with Crippen molar-refractivity contribution >= 4 is 26.8 Å². The Labute approximate surface area is 192 Å². The van der Waals surface area contributed by atoms with Crippen molar-refractivity contribution in [3.8, 4) is 11.1 Å². The first-order chi connectivity index (χ1) is 15.0. The van der Waals surface area contributed by atoms with E-state index in [0.717, 1.165) is 12.8 Å². The van der Waals surface area contributed by atoms with Gasteiger partial charge >= 0.3 is 193 Å². The number of allylic oxidation sites excluding steroid dienone is 1. The molecule has 1 atom stereocenters. The molecule has 0 spiro atoms. The molecule has 0 heterocycles. The molecule has 0 aliphatic heterocycles. The predicted octanol–water partition coefficient (Wildman–Crippen LogP) is 7.49. The minimum absolute atomic E-state index is 0.00161. The van der Waals surface area contributed by atoms with Crippen molar-refractivity contribution in [1.29, 1.82) is 0 Å². The van der Waals surface area contributed by atoms with Gasteiger partial charge in [0, 0.05) is 0 Å². The molecule has 3 aromatic carbocycles. The van der Waals surface area contributed by atoms with Crippen molar-refractivity contribution in [3.05, 3.63) is 101 Å². The van der Waals surface area contributed by atoms with Crippen molar-refractivity contribution in [2.45, 2.75) is 27.0 Å². The van der Waals surface area contributed by atoms with E-state index in [1.165, 1.54) is 39.0 Å². The first kappa shape index (κ1) is 21.5. The van der Waals surface area contributed by atoms with Crippen LogP contribution in [0.1, 0.15) is 49.3 Å². The molecule has 0 amide bonds. The second kappa shape index (κ2) is 7.93. The standard InChI is InChI=1S/C13H9.C12H13O.C2H4.2ClH.Zr/c1-3-7-12-10(5-1)9-11-6-2-4-8-13(11)12;13-7-3-4-10-8-11-5-1-2-6-12(11)9-10;1-2;;;/h1-9H;1-2,5-6,8-9,13H,3-4,7H2;1H,2H3;2*1H;/q;;;;;+2/p-2. The van der Waals surface area contributed by atoms with Gasteiger partial charge in [0.2, 0.25) is 0 Å². The molecule has 0 bridgehead atoms. The van der Waals surface area contributed by atoms with Crippen LogP contribution in [0.4, 0.5) is 0 Å². The summed E-state index contributed by atoms with van der Waals surface area (Å²) < 4.78 is 2.20. The van der Waals surface area contributed by atoms with Gasteiger partial charge in [0.1, 0.15) is 0 Å². The predicted molar refractivity (Wildman–Crippen MR) is 131 cm³/mol. The monoisotopic (exact) mass is 526 g/mol. The van der Waals surface area contributed by atoms with Gasteiger partial charge in [-0.15, -0.1) is 0 Å². The summed E-state index contributed by atoms with van der Waals surface area (Å²) in [6, 6.07) is 25.7. The number of rotatable bonds is 5. The van der Waals surface area contributed by atoms with Gasteiger partial charge in [-0.1, -0.05) is 0 Å². The summed E-state index contributed by atoms with van der Waals surface area (Å²) in [5.41, 5.74) is 8.73. The van der Waals surface area contributed by atoms with Crippen LogP contribution in [0.2, 0.25) is 0 Å². The molecule has 2 aliphatic carbocycles. The van der Waals surface area contributed by atoms with Crippen molar-refractivity contribution in [3.63, 3.8) is 0 Å². The molecule has 158 valence electrons. The van der Waals surface area contributed by atoms with Crippen LogP contribution in [-0.2, 0) is 15.9 Å². The Hall–Kier alpha value is -1.31. The molecule has 3 aromatic rings. The SMILES string of the molecule is C[CH]=[Zr]([Cl])([Cl])([CH]1C(CCCO)=Cc2ccccc21)[CH]1c2ccccc2-c2ccccc21. The van der Waals surface area contributed by atoms with E-state index < -0.39 is 15.9 Å². The Kier molecular flexibility index (Phi) is 5.51. The maximum absolute atomic E-state index is 9.54. The molecular formula is C27H26Cl2OZr. The van der Waals surface area contributed by atoms with Crippen LogP contribution in [0.25, 0.3) is 17.2 Å². The van der Waals surface area contributed by atoms with E-state index in [2.05, 4.69) is 89.5 Å². The number of aliphatic hydroxyl groups excluding tert-OH is 1. The van der Waals surface area contributed by atoms with Gasteiger partial charge in [0.25, 0.3) is 0 Å². The number of hydrogen-bond acceptors (Lipinski definition) is 1. The minimum atomic E-state index is -4.74. The maximum atomic E-state index is 9.54. The molecule has 0 aromatic heterocycles. The van der Waals surface area contributed by atoms with E-state index in [0.29, 0.717) is 0 Å². The second-order valence-electron chi connectivity index (χ2n) is 8.73. The molecule has 1 N–H and O–H groups in total. The average Bonchev–Trinajstić information content (AvgIpc) is 3.35. The zero-order chi connectivity index (χ0) is 21.7. The van der Waals surface area contributed by atoms with Crippen molar-refractivity contribution in [2.75, 3.05) is 6.61 Å². The molecule has 2 aliphatic rings. The van der Waals surface area contributed by atoms with Crippen LogP contribution in [0.3, 0.4) is 0 Å². The fraction of sp³-hybridized carbons (Fsp3) is 0.222. The quantitative estimate of drug-likeness (QED) is 0.364. The summed E-state index contributed by atoms with van der Waals surface area (Å²) in [4.78, 5) is 0. The first-order valence-electron chi connectivity index (χ1n) is 11.0. The molecule has 31 heavy (non-hydrogen) atoms. The van der Waals surface area contributed by atoms with E-state index in [-0.39, 0.29) is 13.9 Å². The van der Waals surface area contributed by atoms with E-state index in [4.69, 9.17) is 17.0 Å². The summed E-state index contributed by atoms with van der Waals surface area (Å²) in [6.45, 7) is 2.24. The Balaban J connectivity index is 1.78. The van der Waals surface area contributed by atoms with Crippen LogP contribution in [0.15, 0.2) is 78.4 Å². The summed E-state index contributed by atoms with van der Waals surface area (Å²) in [5, 5.41) is 9.54. The number of hydrogen-bond donors (Lipinski definition) is 1. The summed E-state index contributed by atoms with van der Waals surface area (Å²) in [6.07, 6.45) is 3.80. The van der Waals surface area contributed by atoms with E-state index in [9.17, 15) is 5.11 Å². The normalized spacial score (nSPS) is 17.7. The summed E-state index contributed by atoms with van der Waals surface area (Å²) >= 11 is -4.74. The van der Waals surface area contributed by atoms with Gasteiger partial charge in [-0.05, 0) is 0 Å². The van der Waals surface area contributed by atoms with E-state index in [1.807, 2.05) is 0 Å². The summed E-state index contributed by atoms with van der Waals surface area (Å²) in [5.74, 6) is 0. The topological polar surface area (TPSA) is 20.2 Å². The van der Waals surface area contributed by atoms with Crippen LogP contribution in [-0.4, -0.2) is 15.4 Å². The molecular weight excluding hydrogens is 502 g/mol. The van der Waals surface area contributed by atoms with Gasteiger partial charge in [0.15, 0.2) is 0 Å². The van der Waals surface area contributed by atoms with Gasteiger partial charge in [-0.3, -0.25) is 0 Å². The molecule has 0 saturated heterocycles. The molecule has 4 heteroatoms. The fourth-order valence-electron chi connectivity index (χ4n) is 5.79. The van der Waals surface area contributed by atoms with Gasteiger partial charge in [-0.25, -0.2) is 0 Å². The molecule has 1 unspecified atom stereocenters. The number of benzene rings is 3. The Morgan fingerprint density at radius 2 is 1.35 bits per heavy atom. The Morgan fingerprint density at radius 1 is 0.806 bits per heavy atom. The third-order valence-electron chi connectivity index (χ3n) is 7.13. The molecule has 1 nitrogen and oxygen atoms in total. The van der Waals surface area contributed by atoms with Gasteiger partial charge < -0.3 is 0 Å². The zero-order valence-electron chi connectivity index (χ0n) is 17.6. The van der Waals surface area contributed by atoms with Crippen LogP contribution in [0, 0.1) is 0 Å². The van der Waals surface area contributed by atoms with Crippen LogP contribution < -0.4 is 0 Å². The third-order valence-corrected chi connectivity index (χ3v) is 26.2. The number of halogens is 2. The number of aliphatic hydroxyl groups is 1. The number of fused-ring (bicyclic) bond motifs is 4. The average molecular weight is 529 g/mol. The molecule has 5 rings (SSSR count). The van der Waals surface area contributed by atoms with E-state index in [1.54, 1.807) is 0 Å². The molecule has 0 radical (unpaired) electrons. The first-order valence-corrected chi connectivity index (χ1v) is 21.5. The summed E-state index contributed by atoms with van der Waals surface area (Å²) in [7, 11) is 15.9. The van der Waals surface area contributed by atoms with E-state index >= 15 is 0 Å². The van der Waals surface area contributed by atoms with Crippen molar-refractivity contribution < 1.29 is 21.0 Å². The molecule has 0 saturated carbocycles. The van der Waals surface area contributed by atoms with Gasteiger partial charge in [0.05, 0.1) is 0 Å². The van der Waals surface area contributed by atoms with Crippen LogP contribution >= 0.6 is 17.0 Å². The zero-order valence-corrected chi connectivity index (χ0v) is 21.5. The third kappa shape index (κ3) is 3.22. The van der Waals surface area contributed by atoms with Crippen molar-refractivity contribution in [2.24, 2.45) is 0 Å². The second-order valence-corrected chi connectivity index (χ2v) is 30.1. The van der Waals surface area contributed by atoms with Gasteiger partial charge in [-0.2, -0.15) is 0 Å². The van der Waals surface area contributed by atoms with Crippen LogP contribution in [0.5, 0.6) is 0 Å².